The molecule has 0 aliphatic heterocycles. The summed E-state index contributed by atoms with van der Waals surface area (Å²) in [5.41, 5.74) is 3.77. The van der Waals surface area contributed by atoms with E-state index in [-0.39, 0.29) is 18.2 Å². The van der Waals surface area contributed by atoms with Gasteiger partial charge in [0.2, 0.25) is 11.8 Å². The molecule has 33 heavy (non-hydrogen) atoms. The summed E-state index contributed by atoms with van der Waals surface area (Å²) in [4.78, 5) is 40.0. The molecule has 2 aromatic carbocycles. The SMILES string of the molecule is O=C(CCCCC[C@H](NC(=O)c1cc2c(Br)cccc2[nH]1)C(=O)NCc1ccccc1)NO. The molecule has 3 amide bonds. The summed E-state index contributed by atoms with van der Waals surface area (Å²) in [5, 5.41) is 15.2. The third-order valence-electron chi connectivity index (χ3n) is 5.31. The van der Waals surface area contributed by atoms with E-state index >= 15 is 0 Å². The molecule has 1 aromatic heterocycles. The average Bonchev–Trinajstić information content (AvgIpc) is 3.28. The Morgan fingerprint density at radius 2 is 1.79 bits per heavy atom. The molecular formula is C24H27BrN4O4. The molecule has 0 fully saturated rings. The van der Waals surface area contributed by atoms with Crippen LogP contribution in [0.2, 0.25) is 0 Å². The van der Waals surface area contributed by atoms with E-state index in [9.17, 15) is 14.4 Å². The van der Waals surface area contributed by atoms with Gasteiger partial charge in [0.25, 0.3) is 5.91 Å². The number of H-pyrrole nitrogens is 1. The molecule has 0 radical (unpaired) electrons. The maximum Gasteiger partial charge on any atom is 0.268 e. The smallest absolute Gasteiger partial charge is 0.268 e. The topological polar surface area (TPSA) is 123 Å². The zero-order valence-corrected chi connectivity index (χ0v) is 19.7. The molecule has 174 valence electrons. The Morgan fingerprint density at radius 3 is 2.52 bits per heavy atom. The summed E-state index contributed by atoms with van der Waals surface area (Å²) in [6.45, 7) is 0.363. The largest absolute Gasteiger partial charge is 0.350 e. The van der Waals surface area contributed by atoms with Gasteiger partial charge in [-0.1, -0.05) is 65.2 Å². The number of carbonyl (C=O) groups is 3. The van der Waals surface area contributed by atoms with Crippen LogP contribution in [0.3, 0.4) is 0 Å². The number of amides is 3. The van der Waals surface area contributed by atoms with Gasteiger partial charge in [0.05, 0.1) is 0 Å². The number of fused-ring (bicyclic) bond motifs is 1. The lowest BCUT2D eigenvalue weighted by Crippen LogP contribution is -2.46. The van der Waals surface area contributed by atoms with Gasteiger partial charge in [0.15, 0.2) is 0 Å². The van der Waals surface area contributed by atoms with E-state index in [0.29, 0.717) is 37.9 Å². The Kier molecular flexibility index (Phi) is 9.03. The number of aromatic amines is 1. The Hall–Kier alpha value is -3.17. The highest BCUT2D eigenvalue weighted by atomic mass is 79.9. The first kappa shape index (κ1) is 24.5. The maximum atomic E-state index is 12.9. The van der Waals surface area contributed by atoms with Crippen molar-refractivity contribution in [3.8, 4) is 0 Å². The van der Waals surface area contributed by atoms with Gasteiger partial charge in [-0.15, -0.1) is 0 Å². The van der Waals surface area contributed by atoms with Crippen molar-refractivity contribution in [2.24, 2.45) is 0 Å². The molecule has 0 saturated carbocycles. The fraction of sp³-hybridized carbons (Fsp3) is 0.292. The number of aromatic nitrogens is 1. The lowest BCUT2D eigenvalue weighted by molar-refractivity contribution is -0.129. The quantitative estimate of drug-likeness (QED) is 0.151. The Labute approximate surface area is 200 Å². The van der Waals surface area contributed by atoms with E-state index in [1.165, 1.54) is 0 Å². The zero-order valence-electron chi connectivity index (χ0n) is 18.1. The second-order valence-corrected chi connectivity index (χ2v) is 8.60. The van der Waals surface area contributed by atoms with Crippen LogP contribution in [0, 0.1) is 0 Å². The predicted octanol–water partition coefficient (Wildman–Crippen LogP) is 3.80. The van der Waals surface area contributed by atoms with Crippen LogP contribution < -0.4 is 16.1 Å². The van der Waals surface area contributed by atoms with Crippen LogP contribution in [0.4, 0.5) is 0 Å². The van der Waals surface area contributed by atoms with Crippen molar-refractivity contribution >= 4 is 44.6 Å². The van der Waals surface area contributed by atoms with E-state index < -0.39 is 11.9 Å². The van der Waals surface area contributed by atoms with Crippen LogP contribution >= 0.6 is 15.9 Å². The van der Waals surface area contributed by atoms with Crippen molar-refractivity contribution in [1.29, 1.82) is 0 Å². The highest BCUT2D eigenvalue weighted by Gasteiger charge is 2.22. The molecule has 5 N–H and O–H groups in total. The predicted molar refractivity (Wildman–Crippen MR) is 129 cm³/mol. The minimum Gasteiger partial charge on any atom is -0.350 e. The lowest BCUT2D eigenvalue weighted by Gasteiger charge is -2.18. The Balaban J connectivity index is 1.63. The second-order valence-electron chi connectivity index (χ2n) is 7.75. The number of rotatable bonds is 11. The molecule has 0 spiro atoms. The summed E-state index contributed by atoms with van der Waals surface area (Å²) in [6, 6.07) is 16.2. The zero-order chi connectivity index (χ0) is 23.6. The molecule has 0 unspecified atom stereocenters. The van der Waals surface area contributed by atoms with Gasteiger partial charge < -0.3 is 15.6 Å². The number of nitrogens with one attached hydrogen (secondary N) is 4. The van der Waals surface area contributed by atoms with Crippen LogP contribution in [0.25, 0.3) is 10.9 Å². The van der Waals surface area contributed by atoms with Gasteiger partial charge in [-0.2, -0.15) is 0 Å². The van der Waals surface area contributed by atoms with Crippen LogP contribution in [0.5, 0.6) is 0 Å². The molecule has 1 atom stereocenters. The van der Waals surface area contributed by atoms with Gasteiger partial charge in [-0.05, 0) is 36.6 Å². The molecule has 0 bridgehead atoms. The van der Waals surface area contributed by atoms with Crippen LogP contribution in [-0.2, 0) is 16.1 Å². The molecule has 1 heterocycles. The van der Waals surface area contributed by atoms with Crippen molar-refractivity contribution in [3.63, 3.8) is 0 Å². The van der Waals surface area contributed by atoms with Crippen molar-refractivity contribution in [2.45, 2.75) is 44.7 Å². The number of hydrogen-bond acceptors (Lipinski definition) is 4. The highest BCUT2D eigenvalue weighted by molar-refractivity contribution is 9.10. The van der Waals surface area contributed by atoms with Crippen molar-refractivity contribution in [2.75, 3.05) is 0 Å². The standard InChI is InChI=1S/C24H27BrN4O4/c25-18-10-7-12-19-17(18)14-21(27-19)24(32)28-20(11-5-2-6-13-22(30)29-33)23(31)26-15-16-8-3-1-4-9-16/h1,3-4,7-10,12,14,20,27,33H,2,5-6,11,13,15H2,(H,26,31)(H,28,32)(H,29,30)/t20-/m0/s1. The van der Waals surface area contributed by atoms with Gasteiger partial charge in [0, 0.05) is 28.3 Å². The fourth-order valence-electron chi connectivity index (χ4n) is 3.52. The van der Waals surface area contributed by atoms with Gasteiger partial charge in [-0.25, -0.2) is 5.48 Å². The number of carbonyl (C=O) groups excluding carboxylic acids is 3. The third-order valence-corrected chi connectivity index (χ3v) is 6.00. The summed E-state index contributed by atoms with van der Waals surface area (Å²) in [6.07, 6.45) is 2.54. The number of hydroxylamine groups is 1. The van der Waals surface area contributed by atoms with Crippen molar-refractivity contribution in [1.82, 2.24) is 21.1 Å². The summed E-state index contributed by atoms with van der Waals surface area (Å²) in [7, 11) is 0. The van der Waals surface area contributed by atoms with E-state index in [0.717, 1.165) is 20.9 Å². The molecule has 3 rings (SSSR count). The van der Waals surface area contributed by atoms with Crippen LogP contribution in [0.1, 0.15) is 48.2 Å². The van der Waals surface area contributed by atoms with E-state index in [4.69, 9.17) is 5.21 Å². The van der Waals surface area contributed by atoms with Crippen molar-refractivity contribution < 1.29 is 19.6 Å². The van der Waals surface area contributed by atoms with Gasteiger partial charge >= 0.3 is 0 Å². The minimum absolute atomic E-state index is 0.206. The second kappa shape index (κ2) is 12.2. The first-order valence-corrected chi connectivity index (χ1v) is 11.6. The summed E-state index contributed by atoms with van der Waals surface area (Å²) < 4.78 is 0.874. The number of benzene rings is 2. The molecule has 8 nitrogen and oxygen atoms in total. The Bertz CT molecular complexity index is 1100. The monoisotopic (exact) mass is 514 g/mol. The van der Waals surface area contributed by atoms with E-state index in [2.05, 4.69) is 31.5 Å². The van der Waals surface area contributed by atoms with E-state index in [1.54, 1.807) is 11.5 Å². The average molecular weight is 515 g/mol. The number of hydrogen-bond donors (Lipinski definition) is 5. The molecule has 0 aliphatic carbocycles. The molecule has 3 aromatic rings. The third kappa shape index (κ3) is 7.16. The number of halogens is 1. The highest BCUT2D eigenvalue weighted by Crippen LogP contribution is 2.24. The minimum atomic E-state index is -0.720. The normalized spacial score (nSPS) is 11.7. The first-order valence-electron chi connectivity index (χ1n) is 10.8. The molecular weight excluding hydrogens is 488 g/mol. The molecule has 0 saturated heterocycles. The molecule has 9 heteroatoms. The van der Waals surface area contributed by atoms with Crippen LogP contribution in [0.15, 0.2) is 59.1 Å². The number of unbranched alkanes of at least 4 members (excludes halogenated alkanes) is 2. The lowest BCUT2D eigenvalue weighted by atomic mass is 10.1. The summed E-state index contributed by atoms with van der Waals surface area (Å²) >= 11 is 3.48. The molecule has 0 aliphatic rings. The Morgan fingerprint density at radius 1 is 1.00 bits per heavy atom. The van der Waals surface area contributed by atoms with E-state index in [1.807, 2.05) is 48.5 Å². The fourth-order valence-corrected chi connectivity index (χ4v) is 4.00. The van der Waals surface area contributed by atoms with Crippen LogP contribution in [-0.4, -0.2) is 34.0 Å². The van der Waals surface area contributed by atoms with Gasteiger partial charge in [0.1, 0.15) is 11.7 Å². The first-order chi connectivity index (χ1) is 16.0. The summed E-state index contributed by atoms with van der Waals surface area (Å²) in [5.74, 6) is -1.07. The van der Waals surface area contributed by atoms with Crippen molar-refractivity contribution in [3.05, 3.63) is 70.3 Å². The maximum absolute atomic E-state index is 12.9. The van der Waals surface area contributed by atoms with Gasteiger partial charge in [-0.3, -0.25) is 19.6 Å².